The van der Waals surface area contributed by atoms with Crippen molar-refractivity contribution in [2.24, 2.45) is 0 Å². The van der Waals surface area contributed by atoms with E-state index >= 15 is 0 Å². The van der Waals surface area contributed by atoms with Gasteiger partial charge in [-0.05, 0) is 13.8 Å². The monoisotopic (exact) mass is 222 g/mol. The van der Waals surface area contributed by atoms with E-state index in [1.165, 1.54) is 0 Å². The molecule has 0 spiro atoms. The lowest BCUT2D eigenvalue weighted by molar-refractivity contribution is -0.0934. The highest BCUT2D eigenvalue weighted by atomic mass is 16.6. The summed E-state index contributed by atoms with van der Waals surface area (Å²) in [6, 6.07) is 0. The zero-order valence-corrected chi connectivity index (χ0v) is 9.57. The summed E-state index contributed by atoms with van der Waals surface area (Å²) < 4.78 is 15.7. The average Bonchev–Trinajstić information content (AvgIpc) is 2.17. The molecule has 0 aromatic rings. The van der Waals surface area contributed by atoms with Crippen LogP contribution in [0.3, 0.4) is 0 Å². The first-order valence-electron chi connectivity index (χ1n) is 5.13. The fourth-order valence-corrected chi connectivity index (χ4v) is 0.968. The number of hydrogen-bond acceptors (Lipinski definition) is 5. The van der Waals surface area contributed by atoms with Gasteiger partial charge in [-0.2, -0.15) is 0 Å². The quantitative estimate of drug-likeness (QED) is 0.501. The van der Waals surface area contributed by atoms with E-state index in [0.717, 1.165) is 0 Å². The second kappa shape index (κ2) is 9.06. The van der Waals surface area contributed by atoms with E-state index in [-0.39, 0.29) is 18.8 Å². The number of aliphatic hydroxyl groups is 2. The Morgan fingerprint density at radius 3 is 2.07 bits per heavy atom. The molecule has 2 N–H and O–H groups in total. The van der Waals surface area contributed by atoms with Gasteiger partial charge in [0.2, 0.25) is 0 Å². The number of aliphatic hydroxyl groups excluding tert-OH is 2. The molecule has 15 heavy (non-hydrogen) atoms. The molecule has 0 rings (SSSR count). The molecule has 0 saturated heterocycles. The molecule has 0 saturated carbocycles. The predicted molar refractivity (Wildman–Crippen MR) is 55.8 cm³/mol. The van der Waals surface area contributed by atoms with Crippen LogP contribution in [-0.2, 0) is 14.2 Å². The Labute approximate surface area is 91.0 Å². The topological polar surface area (TPSA) is 68.2 Å². The van der Waals surface area contributed by atoms with Crippen LogP contribution < -0.4 is 0 Å². The van der Waals surface area contributed by atoms with E-state index in [1.807, 2.05) is 13.8 Å². The minimum atomic E-state index is -0.377. The van der Waals surface area contributed by atoms with Gasteiger partial charge in [0.05, 0.1) is 51.8 Å². The van der Waals surface area contributed by atoms with Crippen molar-refractivity contribution in [3.63, 3.8) is 0 Å². The van der Waals surface area contributed by atoms with E-state index < -0.39 is 0 Å². The van der Waals surface area contributed by atoms with Gasteiger partial charge in [0.15, 0.2) is 0 Å². The van der Waals surface area contributed by atoms with Crippen LogP contribution in [0.25, 0.3) is 0 Å². The van der Waals surface area contributed by atoms with Crippen molar-refractivity contribution in [2.45, 2.75) is 19.4 Å². The highest BCUT2D eigenvalue weighted by Gasteiger charge is 2.18. The Kier molecular flexibility index (Phi) is 8.94. The molecule has 0 heterocycles. The van der Waals surface area contributed by atoms with Crippen LogP contribution in [-0.4, -0.2) is 62.1 Å². The molecular formula is C10H22O5. The normalized spacial score (nSPS) is 12.0. The summed E-state index contributed by atoms with van der Waals surface area (Å²) in [4.78, 5) is 0. The first kappa shape index (κ1) is 14.8. The zero-order valence-electron chi connectivity index (χ0n) is 9.57. The summed E-state index contributed by atoms with van der Waals surface area (Å²) in [6.07, 6.45) is 0. The van der Waals surface area contributed by atoms with Gasteiger partial charge in [-0.25, -0.2) is 0 Å². The second-order valence-corrected chi connectivity index (χ2v) is 3.72. The largest absolute Gasteiger partial charge is 0.394 e. The highest BCUT2D eigenvalue weighted by molar-refractivity contribution is 4.67. The zero-order chi connectivity index (χ0) is 11.6. The number of ether oxygens (including phenoxy) is 3. The average molecular weight is 222 g/mol. The Balaban J connectivity index is 3.38. The summed E-state index contributed by atoms with van der Waals surface area (Å²) in [6.45, 7) is 5.91. The molecule has 0 aliphatic heterocycles. The standard InChI is InChI=1S/C10H22O5/c1-10(2,9-14-6-4-12)15-8-7-13-5-3-11/h11-12H,3-9H2,1-2H3. The lowest BCUT2D eigenvalue weighted by Crippen LogP contribution is -2.32. The van der Waals surface area contributed by atoms with Gasteiger partial charge in [-0.3, -0.25) is 0 Å². The van der Waals surface area contributed by atoms with E-state index in [0.29, 0.717) is 33.0 Å². The Morgan fingerprint density at radius 1 is 0.867 bits per heavy atom. The van der Waals surface area contributed by atoms with Crippen LogP contribution in [0, 0.1) is 0 Å². The Hall–Kier alpha value is -0.200. The minimum Gasteiger partial charge on any atom is -0.394 e. The van der Waals surface area contributed by atoms with Gasteiger partial charge < -0.3 is 24.4 Å². The first-order valence-corrected chi connectivity index (χ1v) is 5.13. The molecule has 5 heteroatoms. The van der Waals surface area contributed by atoms with Crippen LogP contribution in [0.4, 0.5) is 0 Å². The molecule has 0 amide bonds. The van der Waals surface area contributed by atoms with Crippen molar-refractivity contribution in [1.29, 1.82) is 0 Å². The molecular weight excluding hydrogens is 200 g/mol. The molecule has 0 unspecified atom stereocenters. The summed E-state index contributed by atoms with van der Waals surface area (Å²) in [5.41, 5.74) is -0.377. The molecule has 5 nitrogen and oxygen atoms in total. The molecule has 0 aliphatic rings. The summed E-state index contributed by atoms with van der Waals surface area (Å²) in [7, 11) is 0. The fraction of sp³-hybridized carbons (Fsp3) is 1.00. The molecule has 0 aromatic heterocycles. The summed E-state index contributed by atoms with van der Waals surface area (Å²) in [5, 5.41) is 17.0. The van der Waals surface area contributed by atoms with Crippen molar-refractivity contribution in [1.82, 2.24) is 0 Å². The van der Waals surface area contributed by atoms with Crippen molar-refractivity contribution in [3.8, 4) is 0 Å². The van der Waals surface area contributed by atoms with Gasteiger partial charge in [-0.15, -0.1) is 0 Å². The van der Waals surface area contributed by atoms with Crippen LogP contribution in [0.5, 0.6) is 0 Å². The van der Waals surface area contributed by atoms with Crippen molar-refractivity contribution < 1.29 is 24.4 Å². The molecule has 92 valence electrons. The third-order valence-electron chi connectivity index (χ3n) is 1.64. The molecule has 0 bridgehead atoms. The maximum atomic E-state index is 8.53. The van der Waals surface area contributed by atoms with E-state index in [9.17, 15) is 0 Å². The van der Waals surface area contributed by atoms with E-state index in [4.69, 9.17) is 24.4 Å². The first-order chi connectivity index (χ1) is 7.12. The summed E-state index contributed by atoms with van der Waals surface area (Å²) in [5.74, 6) is 0. The number of rotatable bonds is 10. The SMILES string of the molecule is CC(C)(COCCO)OCCOCCO. The molecule has 0 radical (unpaired) electrons. The third-order valence-corrected chi connectivity index (χ3v) is 1.64. The van der Waals surface area contributed by atoms with Gasteiger partial charge in [0.1, 0.15) is 0 Å². The lowest BCUT2D eigenvalue weighted by Gasteiger charge is -2.24. The Bertz CT molecular complexity index is 138. The van der Waals surface area contributed by atoms with Crippen molar-refractivity contribution >= 4 is 0 Å². The fourth-order valence-electron chi connectivity index (χ4n) is 0.968. The second-order valence-electron chi connectivity index (χ2n) is 3.72. The van der Waals surface area contributed by atoms with Crippen LogP contribution in [0.15, 0.2) is 0 Å². The predicted octanol–water partition coefficient (Wildman–Crippen LogP) is -0.201. The van der Waals surface area contributed by atoms with Crippen LogP contribution >= 0.6 is 0 Å². The van der Waals surface area contributed by atoms with E-state index in [2.05, 4.69) is 0 Å². The molecule has 0 aliphatic carbocycles. The van der Waals surface area contributed by atoms with Crippen molar-refractivity contribution in [3.05, 3.63) is 0 Å². The van der Waals surface area contributed by atoms with Crippen LogP contribution in [0.2, 0.25) is 0 Å². The molecule has 0 atom stereocenters. The van der Waals surface area contributed by atoms with Crippen molar-refractivity contribution in [2.75, 3.05) is 46.2 Å². The number of hydrogen-bond donors (Lipinski definition) is 2. The Morgan fingerprint density at radius 2 is 1.47 bits per heavy atom. The smallest absolute Gasteiger partial charge is 0.0860 e. The minimum absolute atomic E-state index is 0.0235. The lowest BCUT2D eigenvalue weighted by atomic mass is 10.1. The maximum absolute atomic E-state index is 8.53. The molecule has 0 aromatic carbocycles. The van der Waals surface area contributed by atoms with Gasteiger partial charge in [-0.1, -0.05) is 0 Å². The van der Waals surface area contributed by atoms with Gasteiger partial charge >= 0.3 is 0 Å². The maximum Gasteiger partial charge on any atom is 0.0860 e. The van der Waals surface area contributed by atoms with Gasteiger partial charge in [0, 0.05) is 0 Å². The highest BCUT2D eigenvalue weighted by Crippen LogP contribution is 2.09. The van der Waals surface area contributed by atoms with Crippen LogP contribution in [0.1, 0.15) is 13.8 Å². The summed E-state index contributed by atoms with van der Waals surface area (Å²) >= 11 is 0. The molecule has 0 fully saturated rings. The van der Waals surface area contributed by atoms with E-state index in [1.54, 1.807) is 0 Å². The van der Waals surface area contributed by atoms with Gasteiger partial charge in [0.25, 0.3) is 0 Å². The third kappa shape index (κ3) is 10.1.